The molecule has 182 valence electrons. The first kappa shape index (κ1) is 22.8. The van der Waals surface area contributed by atoms with Gasteiger partial charge in [0.25, 0.3) is 5.78 Å². The average molecular weight is 510 g/mol. The van der Waals surface area contributed by atoms with Crippen molar-refractivity contribution in [2.24, 2.45) is 0 Å². The van der Waals surface area contributed by atoms with Gasteiger partial charge in [0.05, 0.1) is 12.1 Å². The van der Waals surface area contributed by atoms with Gasteiger partial charge in [-0.3, -0.25) is 4.40 Å². The molecule has 0 spiro atoms. The highest BCUT2D eigenvalue weighted by atomic mass is 35.5. The smallest absolute Gasteiger partial charge is 0.361 e. The number of aromatic nitrogens is 4. The molecule has 10 heteroatoms. The number of rotatable bonds is 4. The Balaban J connectivity index is 1.37. The Morgan fingerprint density at radius 1 is 1.03 bits per heavy atom. The highest BCUT2D eigenvalue weighted by Gasteiger charge is 2.61. The van der Waals surface area contributed by atoms with Gasteiger partial charge in [0.1, 0.15) is 12.1 Å². The van der Waals surface area contributed by atoms with Gasteiger partial charge in [-0.15, -0.1) is 10.2 Å². The molecule has 3 aromatic carbocycles. The summed E-state index contributed by atoms with van der Waals surface area (Å²) in [6.07, 6.45) is -2.94. The molecule has 1 fully saturated rings. The number of halogens is 4. The van der Waals surface area contributed by atoms with Crippen LogP contribution in [0.2, 0.25) is 5.02 Å². The number of hydrogen-bond acceptors (Lipinski definition) is 5. The largest absolute Gasteiger partial charge is 0.421 e. The Hall–Kier alpha value is -3.69. The molecule has 1 unspecified atom stereocenters. The van der Waals surface area contributed by atoms with Gasteiger partial charge >= 0.3 is 6.18 Å². The maximum atomic E-state index is 13.6. The summed E-state index contributed by atoms with van der Waals surface area (Å²) in [7, 11) is 1.90. The monoisotopic (exact) mass is 509 g/mol. The Labute approximate surface area is 208 Å². The highest BCUT2D eigenvalue weighted by Crippen LogP contribution is 2.50. The van der Waals surface area contributed by atoms with E-state index in [9.17, 15) is 13.2 Å². The minimum Gasteiger partial charge on any atom is -0.361 e. The van der Waals surface area contributed by atoms with Crippen LogP contribution in [0.15, 0.2) is 73.1 Å². The second kappa shape index (κ2) is 8.18. The molecular weight excluding hydrogens is 491 g/mol. The molecule has 1 saturated heterocycles. The molecule has 3 heterocycles. The van der Waals surface area contributed by atoms with Crippen LogP contribution in [0.25, 0.3) is 27.8 Å². The van der Waals surface area contributed by atoms with Crippen LogP contribution in [-0.4, -0.2) is 39.4 Å². The fourth-order valence-corrected chi connectivity index (χ4v) is 4.81. The molecule has 1 aliphatic rings. The minimum atomic E-state index is -4.46. The number of benzene rings is 3. The number of alkyl halides is 3. The summed E-state index contributed by atoms with van der Waals surface area (Å²) in [5.41, 5.74) is 1.24. The van der Waals surface area contributed by atoms with Gasteiger partial charge < -0.3 is 9.64 Å². The van der Waals surface area contributed by atoms with Crippen molar-refractivity contribution in [2.45, 2.75) is 18.2 Å². The van der Waals surface area contributed by atoms with E-state index in [1.807, 2.05) is 48.3 Å². The second-order valence-electron chi connectivity index (χ2n) is 8.71. The van der Waals surface area contributed by atoms with Crippen LogP contribution in [0, 0.1) is 0 Å². The molecule has 6 rings (SSSR count). The zero-order valence-electron chi connectivity index (χ0n) is 19.0. The van der Waals surface area contributed by atoms with E-state index in [0.29, 0.717) is 16.6 Å². The zero-order chi connectivity index (χ0) is 25.1. The van der Waals surface area contributed by atoms with Crippen LogP contribution < -0.4 is 4.90 Å². The van der Waals surface area contributed by atoms with E-state index in [1.165, 1.54) is 12.1 Å². The topological polar surface area (TPSA) is 55.5 Å². The summed E-state index contributed by atoms with van der Waals surface area (Å²) in [4.78, 5) is 6.64. The standard InChI is InChI=1S/C26H19ClF3N5O/c1-34(23-21-10-9-19(27)14-22(21)35-15-31-33-24(35)32-23)20-4-2-3-17(13-20)16-5-7-18(8-6-16)25(11-12-36-25)26(28,29)30/h2-10,13-15H,11-12H2,1H3. The lowest BCUT2D eigenvalue weighted by Crippen LogP contribution is -2.52. The maximum absolute atomic E-state index is 13.6. The second-order valence-corrected chi connectivity index (χ2v) is 9.14. The Morgan fingerprint density at radius 2 is 1.81 bits per heavy atom. The molecule has 36 heavy (non-hydrogen) atoms. The molecule has 5 aromatic rings. The van der Waals surface area contributed by atoms with E-state index in [2.05, 4.69) is 10.2 Å². The van der Waals surface area contributed by atoms with Crippen LogP contribution in [0.5, 0.6) is 0 Å². The van der Waals surface area contributed by atoms with Crippen LogP contribution in [0.1, 0.15) is 12.0 Å². The number of fused-ring (bicyclic) bond motifs is 3. The molecule has 1 atom stereocenters. The summed E-state index contributed by atoms with van der Waals surface area (Å²) in [5, 5.41) is 9.51. The average Bonchev–Trinajstić information content (AvgIpc) is 3.31. The molecule has 0 amide bonds. The van der Waals surface area contributed by atoms with Gasteiger partial charge in [-0.1, -0.05) is 48.0 Å². The maximum Gasteiger partial charge on any atom is 0.421 e. The fraction of sp³-hybridized carbons (Fsp3) is 0.192. The van der Waals surface area contributed by atoms with Crippen LogP contribution in [0.4, 0.5) is 24.7 Å². The van der Waals surface area contributed by atoms with E-state index < -0.39 is 11.8 Å². The molecule has 2 aromatic heterocycles. The Morgan fingerprint density at radius 3 is 2.50 bits per heavy atom. The van der Waals surface area contributed by atoms with Gasteiger partial charge in [0.2, 0.25) is 0 Å². The molecule has 0 aliphatic carbocycles. The third-order valence-corrected chi connectivity index (χ3v) is 6.93. The molecular formula is C26H19ClF3N5O. The number of hydrogen-bond donors (Lipinski definition) is 0. The van der Waals surface area contributed by atoms with E-state index >= 15 is 0 Å². The number of anilines is 2. The summed E-state index contributed by atoms with van der Waals surface area (Å²) in [6.45, 7) is 0.102. The van der Waals surface area contributed by atoms with Crippen molar-refractivity contribution in [3.8, 4) is 11.1 Å². The van der Waals surface area contributed by atoms with Gasteiger partial charge in [-0.25, -0.2) is 0 Å². The summed E-state index contributed by atoms with van der Waals surface area (Å²) in [5.74, 6) is 1.11. The van der Waals surface area contributed by atoms with Crippen LogP contribution in [-0.2, 0) is 10.3 Å². The first-order valence-electron chi connectivity index (χ1n) is 11.2. The van der Waals surface area contributed by atoms with Gasteiger partial charge in [-0.05, 0) is 47.0 Å². The predicted molar refractivity (Wildman–Crippen MR) is 132 cm³/mol. The van der Waals surface area contributed by atoms with Crippen molar-refractivity contribution in [3.05, 3.63) is 83.6 Å². The Bertz CT molecular complexity index is 1600. The van der Waals surface area contributed by atoms with Gasteiger partial charge in [0, 0.05) is 29.6 Å². The van der Waals surface area contributed by atoms with Crippen molar-refractivity contribution in [2.75, 3.05) is 18.6 Å². The van der Waals surface area contributed by atoms with Crippen molar-refractivity contribution in [3.63, 3.8) is 0 Å². The molecule has 1 aliphatic heterocycles. The van der Waals surface area contributed by atoms with Crippen LogP contribution >= 0.6 is 11.6 Å². The number of ether oxygens (including phenoxy) is 1. The quantitative estimate of drug-likeness (QED) is 0.275. The van der Waals surface area contributed by atoms with Crippen molar-refractivity contribution < 1.29 is 17.9 Å². The Kier molecular flexibility index (Phi) is 5.17. The van der Waals surface area contributed by atoms with E-state index in [0.717, 1.165) is 27.7 Å². The van der Waals surface area contributed by atoms with Gasteiger partial charge in [-0.2, -0.15) is 18.2 Å². The molecule has 6 nitrogen and oxygen atoms in total. The van der Waals surface area contributed by atoms with Crippen molar-refractivity contribution in [1.82, 2.24) is 19.6 Å². The predicted octanol–water partition coefficient (Wildman–Crippen LogP) is 6.54. The molecule has 0 bridgehead atoms. The van der Waals surface area contributed by atoms with E-state index in [4.69, 9.17) is 21.3 Å². The fourth-order valence-electron chi connectivity index (χ4n) is 4.65. The first-order chi connectivity index (χ1) is 17.3. The van der Waals surface area contributed by atoms with Crippen molar-refractivity contribution >= 4 is 39.8 Å². The summed E-state index contributed by atoms with van der Waals surface area (Å²) >= 11 is 6.24. The van der Waals surface area contributed by atoms with Crippen molar-refractivity contribution in [1.29, 1.82) is 0 Å². The van der Waals surface area contributed by atoms with E-state index in [1.54, 1.807) is 28.9 Å². The third-order valence-electron chi connectivity index (χ3n) is 6.69. The molecule has 0 radical (unpaired) electrons. The lowest BCUT2D eigenvalue weighted by Gasteiger charge is -2.43. The normalized spacial score (nSPS) is 17.9. The third kappa shape index (κ3) is 3.50. The van der Waals surface area contributed by atoms with E-state index in [-0.39, 0.29) is 18.6 Å². The molecule has 0 N–H and O–H groups in total. The summed E-state index contributed by atoms with van der Waals surface area (Å²) in [6, 6.07) is 19.6. The summed E-state index contributed by atoms with van der Waals surface area (Å²) < 4.78 is 47.7. The number of nitrogens with zero attached hydrogens (tertiary/aromatic N) is 5. The first-order valence-corrected chi connectivity index (χ1v) is 11.6. The minimum absolute atomic E-state index is 0.0707. The zero-order valence-corrected chi connectivity index (χ0v) is 19.8. The lowest BCUT2D eigenvalue weighted by atomic mass is 9.85. The van der Waals surface area contributed by atoms with Gasteiger partial charge in [0.15, 0.2) is 5.60 Å². The molecule has 0 saturated carbocycles. The lowest BCUT2D eigenvalue weighted by molar-refractivity contribution is -0.333. The SMILES string of the molecule is CN(c1cccc(-c2ccc(C3(C(F)(F)F)CCO3)cc2)c1)c1nc2nncn2c2cc(Cl)ccc12. The van der Waals surface area contributed by atoms with Crippen LogP contribution in [0.3, 0.4) is 0 Å². The highest BCUT2D eigenvalue weighted by molar-refractivity contribution is 6.31.